The second-order valence-corrected chi connectivity index (χ2v) is 3.95. The molecule has 0 aliphatic carbocycles. The Balaban J connectivity index is 2.41. The standard InChI is InChI=1S/C8H15N3S/c1-7-10-8(6-12-7)5-11(2)4-3-9/h6H,3-5,9H2,1-2H3. The van der Waals surface area contributed by atoms with Crippen LogP contribution in [0.5, 0.6) is 0 Å². The van der Waals surface area contributed by atoms with E-state index in [2.05, 4.69) is 22.3 Å². The van der Waals surface area contributed by atoms with E-state index in [-0.39, 0.29) is 0 Å². The first-order chi connectivity index (χ1) is 5.72. The van der Waals surface area contributed by atoms with Crippen molar-refractivity contribution in [3.05, 3.63) is 16.1 Å². The zero-order valence-electron chi connectivity index (χ0n) is 7.58. The Kier molecular flexibility index (Phi) is 3.65. The first kappa shape index (κ1) is 9.64. The third kappa shape index (κ3) is 2.89. The van der Waals surface area contributed by atoms with Gasteiger partial charge in [-0.15, -0.1) is 11.3 Å². The van der Waals surface area contributed by atoms with Crippen LogP contribution in [0.3, 0.4) is 0 Å². The van der Waals surface area contributed by atoms with Gasteiger partial charge >= 0.3 is 0 Å². The highest BCUT2D eigenvalue weighted by Gasteiger charge is 2.01. The Labute approximate surface area is 77.2 Å². The normalized spacial score (nSPS) is 11.0. The monoisotopic (exact) mass is 185 g/mol. The molecule has 0 unspecified atom stereocenters. The molecule has 3 nitrogen and oxygen atoms in total. The minimum absolute atomic E-state index is 0.708. The van der Waals surface area contributed by atoms with Gasteiger partial charge in [-0.05, 0) is 14.0 Å². The highest BCUT2D eigenvalue weighted by Crippen LogP contribution is 2.09. The lowest BCUT2D eigenvalue weighted by molar-refractivity contribution is 0.333. The van der Waals surface area contributed by atoms with E-state index in [1.165, 1.54) is 0 Å². The molecule has 0 aromatic carbocycles. The Morgan fingerprint density at radius 1 is 1.67 bits per heavy atom. The predicted molar refractivity (Wildman–Crippen MR) is 52.2 cm³/mol. The number of thiazole rings is 1. The van der Waals surface area contributed by atoms with Gasteiger partial charge in [0, 0.05) is 25.0 Å². The predicted octanol–water partition coefficient (Wildman–Crippen LogP) is 0.842. The molecule has 1 rings (SSSR count). The van der Waals surface area contributed by atoms with Gasteiger partial charge in [0.1, 0.15) is 0 Å². The van der Waals surface area contributed by atoms with Crippen LogP contribution in [-0.4, -0.2) is 30.0 Å². The van der Waals surface area contributed by atoms with Gasteiger partial charge in [0.15, 0.2) is 0 Å². The molecule has 0 aliphatic rings. The topological polar surface area (TPSA) is 42.2 Å². The molecule has 0 radical (unpaired) electrons. The molecule has 0 spiro atoms. The van der Waals surface area contributed by atoms with E-state index < -0.39 is 0 Å². The van der Waals surface area contributed by atoms with Crippen LogP contribution in [0, 0.1) is 6.92 Å². The molecule has 1 aromatic heterocycles. The van der Waals surface area contributed by atoms with Gasteiger partial charge in [0.2, 0.25) is 0 Å². The number of nitrogens with zero attached hydrogens (tertiary/aromatic N) is 2. The van der Waals surface area contributed by atoms with Crippen molar-refractivity contribution in [3.63, 3.8) is 0 Å². The second-order valence-electron chi connectivity index (χ2n) is 2.88. The molecule has 2 N–H and O–H groups in total. The van der Waals surface area contributed by atoms with Crippen LogP contribution in [0.4, 0.5) is 0 Å². The van der Waals surface area contributed by atoms with E-state index in [1.54, 1.807) is 11.3 Å². The number of nitrogens with two attached hydrogens (primary N) is 1. The highest BCUT2D eigenvalue weighted by molar-refractivity contribution is 7.09. The smallest absolute Gasteiger partial charge is 0.0897 e. The molecule has 0 atom stereocenters. The Morgan fingerprint density at radius 3 is 2.92 bits per heavy atom. The summed E-state index contributed by atoms with van der Waals surface area (Å²) in [4.78, 5) is 6.54. The molecule has 68 valence electrons. The van der Waals surface area contributed by atoms with Crippen LogP contribution >= 0.6 is 11.3 Å². The maximum Gasteiger partial charge on any atom is 0.0897 e. The fourth-order valence-electron chi connectivity index (χ4n) is 1.06. The Hall–Kier alpha value is -0.450. The first-order valence-electron chi connectivity index (χ1n) is 4.02. The lowest BCUT2D eigenvalue weighted by atomic mass is 10.4. The average molecular weight is 185 g/mol. The minimum atomic E-state index is 0.708. The number of likely N-dealkylation sites (N-methyl/N-ethyl adjacent to an activating group) is 1. The molecular formula is C8H15N3S. The number of rotatable bonds is 4. The number of aryl methyl sites for hydroxylation is 1. The zero-order chi connectivity index (χ0) is 8.97. The van der Waals surface area contributed by atoms with Crippen molar-refractivity contribution >= 4 is 11.3 Å². The van der Waals surface area contributed by atoms with E-state index in [9.17, 15) is 0 Å². The summed E-state index contributed by atoms with van der Waals surface area (Å²) in [6.07, 6.45) is 0. The lowest BCUT2D eigenvalue weighted by Gasteiger charge is -2.12. The van der Waals surface area contributed by atoms with Gasteiger partial charge < -0.3 is 5.73 Å². The molecule has 0 saturated heterocycles. The van der Waals surface area contributed by atoms with Crippen molar-refractivity contribution in [3.8, 4) is 0 Å². The average Bonchev–Trinajstić information content (AvgIpc) is 2.36. The molecule has 0 fully saturated rings. The van der Waals surface area contributed by atoms with Crippen LogP contribution in [-0.2, 0) is 6.54 Å². The molecule has 4 heteroatoms. The summed E-state index contributed by atoms with van der Waals surface area (Å²) < 4.78 is 0. The van der Waals surface area contributed by atoms with Crippen molar-refractivity contribution in [2.24, 2.45) is 5.73 Å². The summed E-state index contributed by atoms with van der Waals surface area (Å²) in [5.74, 6) is 0. The van der Waals surface area contributed by atoms with E-state index in [4.69, 9.17) is 5.73 Å². The molecule has 1 heterocycles. The fourth-order valence-corrected chi connectivity index (χ4v) is 1.66. The van der Waals surface area contributed by atoms with E-state index >= 15 is 0 Å². The Morgan fingerprint density at radius 2 is 2.42 bits per heavy atom. The van der Waals surface area contributed by atoms with Gasteiger partial charge in [-0.3, -0.25) is 4.90 Å². The van der Waals surface area contributed by atoms with Gasteiger partial charge in [0.25, 0.3) is 0 Å². The summed E-state index contributed by atoms with van der Waals surface area (Å²) >= 11 is 1.70. The maximum absolute atomic E-state index is 5.43. The van der Waals surface area contributed by atoms with E-state index in [0.717, 1.165) is 23.8 Å². The van der Waals surface area contributed by atoms with Gasteiger partial charge in [-0.1, -0.05) is 0 Å². The molecule has 0 aliphatic heterocycles. The van der Waals surface area contributed by atoms with Crippen molar-refractivity contribution in [2.75, 3.05) is 20.1 Å². The minimum Gasteiger partial charge on any atom is -0.329 e. The van der Waals surface area contributed by atoms with Crippen molar-refractivity contribution < 1.29 is 0 Å². The van der Waals surface area contributed by atoms with E-state index in [0.29, 0.717) is 6.54 Å². The molecular weight excluding hydrogens is 170 g/mol. The van der Waals surface area contributed by atoms with Gasteiger partial charge in [0.05, 0.1) is 10.7 Å². The lowest BCUT2D eigenvalue weighted by Crippen LogP contribution is -2.25. The van der Waals surface area contributed by atoms with Crippen molar-refractivity contribution in [1.82, 2.24) is 9.88 Å². The number of hydrogen-bond donors (Lipinski definition) is 1. The Bertz CT molecular complexity index is 234. The van der Waals surface area contributed by atoms with E-state index in [1.807, 2.05) is 6.92 Å². The summed E-state index contributed by atoms with van der Waals surface area (Å²) in [5, 5.41) is 3.23. The SMILES string of the molecule is Cc1nc(CN(C)CCN)cs1. The molecule has 0 bridgehead atoms. The van der Waals surface area contributed by atoms with Crippen LogP contribution in [0.2, 0.25) is 0 Å². The summed E-state index contributed by atoms with van der Waals surface area (Å²) in [7, 11) is 2.06. The largest absolute Gasteiger partial charge is 0.329 e. The van der Waals surface area contributed by atoms with Crippen LogP contribution in [0.25, 0.3) is 0 Å². The summed E-state index contributed by atoms with van der Waals surface area (Å²) in [6, 6.07) is 0. The molecule has 1 aromatic rings. The number of hydrogen-bond acceptors (Lipinski definition) is 4. The second kappa shape index (κ2) is 4.54. The van der Waals surface area contributed by atoms with Crippen LogP contribution < -0.4 is 5.73 Å². The van der Waals surface area contributed by atoms with Gasteiger partial charge in [-0.2, -0.15) is 0 Å². The van der Waals surface area contributed by atoms with Crippen LogP contribution in [0.15, 0.2) is 5.38 Å². The van der Waals surface area contributed by atoms with Crippen LogP contribution in [0.1, 0.15) is 10.7 Å². The molecule has 12 heavy (non-hydrogen) atoms. The summed E-state index contributed by atoms with van der Waals surface area (Å²) in [5.41, 5.74) is 6.58. The third-order valence-corrected chi connectivity index (χ3v) is 2.43. The highest BCUT2D eigenvalue weighted by atomic mass is 32.1. The van der Waals surface area contributed by atoms with Gasteiger partial charge in [-0.25, -0.2) is 4.98 Å². The molecule has 0 saturated carbocycles. The molecule has 0 amide bonds. The maximum atomic E-state index is 5.43. The quantitative estimate of drug-likeness (QED) is 0.756. The zero-order valence-corrected chi connectivity index (χ0v) is 8.40. The number of aromatic nitrogens is 1. The fraction of sp³-hybridized carbons (Fsp3) is 0.625. The first-order valence-corrected chi connectivity index (χ1v) is 4.90. The summed E-state index contributed by atoms with van der Waals surface area (Å²) in [6.45, 7) is 4.56. The van der Waals surface area contributed by atoms with Crippen molar-refractivity contribution in [1.29, 1.82) is 0 Å². The third-order valence-electron chi connectivity index (χ3n) is 1.61. The van der Waals surface area contributed by atoms with Crippen molar-refractivity contribution in [2.45, 2.75) is 13.5 Å².